The first-order valence-electron chi connectivity index (χ1n) is 6.13. The van der Waals surface area contributed by atoms with E-state index in [0.29, 0.717) is 5.78 Å². The Balaban J connectivity index is 1.81. The zero-order valence-electron chi connectivity index (χ0n) is 10.3. The lowest BCUT2D eigenvalue weighted by atomic mass is 10.1. The first kappa shape index (κ1) is 11.2. The molecule has 3 heterocycles. The van der Waals surface area contributed by atoms with Gasteiger partial charge in [0.25, 0.3) is 5.78 Å². The first-order chi connectivity index (χ1) is 8.83. The van der Waals surface area contributed by atoms with Gasteiger partial charge in [0.1, 0.15) is 12.1 Å². The largest absolute Gasteiger partial charge is 0.366 e. The Labute approximate surface area is 105 Å². The number of fused-ring (bicyclic) bond motifs is 1. The molecule has 3 rings (SSSR count). The lowest BCUT2D eigenvalue weighted by Crippen LogP contribution is -2.23. The molecule has 2 N–H and O–H groups in total. The van der Waals surface area contributed by atoms with Crippen LogP contribution in [-0.2, 0) is 0 Å². The SMILES string of the molecule is Cc1cc(NCC2=CCNCC2)n2ncnc2n1. The lowest BCUT2D eigenvalue weighted by Gasteiger charge is -2.15. The third-order valence-electron chi connectivity index (χ3n) is 3.03. The van der Waals surface area contributed by atoms with Crippen LogP contribution in [0.1, 0.15) is 12.1 Å². The van der Waals surface area contributed by atoms with Crippen LogP contribution in [0.2, 0.25) is 0 Å². The van der Waals surface area contributed by atoms with Crippen LogP contribution < -0.4 is 10.6 Å². The Hall–Kier alpha value is -1.95. The second kappa shape index (κ2) is 4.73. The molecule has 6 nitrogen and oxygen atoms in total. The van der Waals surface area contributed by atoms with E-state index in [9.17, 15) is 0 Å². The first-order valence-corrected chi connectivity index (χ1v) is 6.13. The van der Waals surface area contributed by atoms with Crippen molar-refractivity contribution in [2.45, 2.75) is 13.3 Å². The molecule has 2 aromatic rings. The Morgan fingerprint density at radius 1 is 1.50 bits per heavy atom. The Bertz CT molecular complexity index is 585. The molecule has 2 aromatic heterocycles. The molecule has 0 aliphatic carbocycles. The van der Waals surface area contributed by atoms with Gasteiger partial charge in [0.2, 0.25) is 0 Å². The van der Waals surface area contributed by atoms with Gasteiger partial charge in [0.15, 0.2) is 0 Å². The maximum atomic E-state index is 4.32. The average molecular weight is 244 g/mol. The van der Waals surface area contributed by atoms with Crippen molar-refractivity contribution in [2.75, 3.05) is 25.0 Å². The summed E-state index contributed by atoms with van der Waals surface area (Å²) in [5, 5.41) is 10.9. The van der Waals surface area contributed by atoms with Crippen molar-refractivity contribution in [3.63, 3.8) is 0 Å². The van der Waals surface area contributed by atoms with Crippen LogP contribution in [0, 0.1) is 6.92 Å². The summed E-state index contributed by atoms with van der Waals surface area (Å²) in [5.74, 6) is 1.58. The summed E-state index contributed by atoms with van der Waals surface area (Å²) in [7, 11) is 0. The van der Waals surface area contributed by atoms with Crippen molar-refractivity contribution in [3.05, 3.63) is 29.7 Å². The number of rotatable bonds is 3. The minimum absolute atomic E-state index is 0.636. The van der Waals surface area contributed by atoms with Gasteiger partial charge in [-0.1, -0.05) is 11.6 Å². The molecule has 0 bridgehead atoms. The molecule has 0 aromatic carbocycles. The van der Waals surface area contributed by atoms with Gasteiger partial charge in [-0.15, -0.1) is 0 Å². The van der Waals surface area contributed by atoms with Crippen LogP contribution in [-0.4, -0.2) is 39.2 Å². The fraction of sp³-hybridized carbons (Fsp3) is 0.417. The van der Waals surface area contributed by atoms with Gasteiger partial charge in [-0.25, -0.2) is 4.98 Å². The van der Waals surface area contributed by atoms with Crippen molar-refractivity contribution < 1.29 is 0 Å². The molecule has 0 fully saturated rings. The number of aromatic nitrogens is 4. The van der Waals surface area contributed by atoms with Gasteiger partial charge in [-0.2, -0.15) is 14.6 Å². The Kier molecular flexibility index (Phi) is 2.93. The third kappa shape index (κ3) is 2.19. The zero-order chi connectivity index (χ0) is 12.4. The standard InChI is InChI=1S/C12H16N6/c1-9-6-11(18-12(17-9)15-8-16-18)14-7-10-2-4-13-5-3-10/h2,6,8,13-14H,3-5,7H2,1H3. The van der Waals surface area contributed by atoms with Crippen molar-refractivity contribution in [1.29, 1.82) is 0 Å². The summed E-state index contributed by atoms with van der Waals surface area (Å²) < 4.78 is 1.73. The van der Waals surface area contributed by atoms with E-state index in [1.165, 1.54) is 11.9 Å². The fourth-order valence-electron chi connectivity index (χ4n) is 2.09. The van der Waals surface area contributed by atoms with Gasteiger partial charge >= 0.3 is 0 Å². The predicted molar refractivity (Wildman–Crippen MR) is 69.6 cm³/mol. The number of anilines is 1. The third-order valence-corrected chi connectivity index (χ3v) is 3.03. The monoisotopic (exact) mass is 244 g/mol. The summed E-state index contributed by atoms with van der Waals surface area (Å²) in [6.45, 7) is 4.83. The van der Waals surface area contributed by atoms with Crippen LogP contribution in [0.4, 0.5) is 5.82 Å². The number of nitrogens with zero attached hydrogens (tertiary/aromatic N) is 4. The van der Waals surface area contributed by atoms with E-state index in [0.717, 1.165) is 37.6 Å². The number of hydrogen-bond donors (Lipinski definition) is 2. The van der Waals surface area contributed by atoms with Gasteiger partial charge in [-0.3, -0.25) is 0 Å². The molecule has 18 heavy (non-hydrogen) atoms. The fourth-order valence-corrected chi connectivity index (χ4v) is 2.09. The molecule has 94 valence electrons. The van der Waals surface area contributed by atoms with Crippen molar-refractivity contribution in [2.24, 2.45) is 0 Å². The Morgan fingerprint density at radius 3 is 3.28 bits per heavy atom. The number of nitrogens with one attached hydrogen (secondary N) is 2. The van der Waals surface area contributed by atoms with Crippen LogP contribution in [0.15, 0.2) is 24.0 Å². The maximum absolute atomic E-state index is 4.32. The second-order valence-electron chi connectivity index (χ2n) is 4.42. The molecule has 6 heteroatoms. The molecule has 0 saturated carbocycles. The van der Waals surface area contributed by atoms with Gasteiger partial charge in [0, 0.05) is 24.8 Å². The highest BCUT2D eigenvalue weighted by Gasteiger charge is 2.07. The summed E-state index contributed by atoms with van der Waals surface area (Å²) in [5.41, 5.74) is 2.37. The van der Waals surface area contributed by atoms with Crippen molar-refractivity contribution in [3.8, 4) is 0 Å². The molecule has 1 aliphatic rings. The number of aryl methyl sites for hydroxylation is 1. The maximum Gasteiger partial charge on any atom is 0.254 e. The number of hydrogen-bond acceptors (Lipinski definition) is 5. The van der Waals surface area contributed by atoms with E-state index in [-0.39, 0.29) is 0 Å². The zero-order valence-corrected chi connectivity index (χ0v) is 10.3. The molecular weight excluding hydrogens is 228 g/mol. The predicted octanol–water partition coefficient (Wildman–Crippen LogP) is 0.764. The normalized spacial score (nSPS) is 15.7. The highest BCUT2D eigenvalue weighted by Crippen LogP contribution is 2.12. The smallest absolute Gasteiger partial charge is 0.254 e. The second-order valence-corrected chi connectivity index (χ2v) is 4.42. The quantitative estimate of drug-likeness (QED) is 0.780. The molecular formula is C12H16N6. The molecule has 0 unspecified atom stereocenters. The molecule has 0 saturated heterocycles. The van der Waals surface area contributed by atoms with Gasteiger partial charge in [0.05, 0.1) is 0 Å². The summed E-state index contributed by atoms with van der Waals surface area (Å²) in [6, 6.07) is 1.99. The van der Waals surface area contributed by atoms with E-state index in [1.54, 1.807) is 4.52 Å². The van der Waals surface area contributed by atoms with Crippen LogP contribution in [0.5, 0.6) is 0 Å². The van der Waals surface area contributed by atoms with Gasteiger partial charge in [-0.05, 0) is 19.9 Å². The Morgan fingerprint density at radius 2 is 2.44 bits per heavy atom. The van der Waals surface area contributed by atoms with Crippen LogP contribution in [0.3, 0.4) is 0 Å². The average Bonchev–Trinajstić information content (AvgIpc) is 2.85. The van der Waals surface area contributed by atoms with E-state index in [1.807, 2.05) is 13.0 Å². The minimum atomic E-state index is 0.636. The molecule has 0 spiro atoms. The molecule has 0 radical (unpaired) electrons. The van der Waals surface area contributed by atoms with E-state index >= 15 is 0 Å². The summed E-state index contributed by atoms with van der Waals surface area (Å²) >= 11 is 0. The lowest BCUT2D eigenvalue weighted by molar-refractivity contribution is 0.697. The minimum Gasteiger partial charge on any atom is -0.366 e. The topological polar surface area (TPSA) is 67.1 Å². The molecule has 0 atom stereocenters. The molecule has 0 amide bonds. The van der Waals surface area contributed by atoms with E-state index < -0.39 is 0 Å². The van der Waals surface area contributed by atoms with Crippen LogP contribution >= 0.6 is 0 Å². The summed E-state index contributed by atoms with van der Waals surface area (Å²) in [6.07, 6.45) is 4.86. The summed E-state index contributed by atoms with van der Waals surface area (Å²) in [4.78, 5) is 8.43. The van der Waals surface area contributed by atoms with Crippen molar-refractivity contribution >= 4 is 11.6 Å². The van der Waals surface area contributed by atoms with E-state index in [4.69, 9.17) is 0 Å². The highest BCUT2D eigenvalue weighted by molar-refractivity contribution is 5.45. The van der Waals surface area contributed by atoms with E-state index in [2.05, 4.69) is 31.8 Å². The van der Waals surface area contributed by atoms with Gasteiger partial charge < -0.3 is 10.6 Å². The van der Waals surface area contributed by atoms with Crippen molar-refractivity contribution in [1.82, 2.24) is 24.9 Å². The van der Waals surface area contributed by atoms with Crippen LogP contribution in [0.25, 0.3) is 5.78 Å². The molecule has 1 aliphatic heterocycles. The highest BCUT2D eigenvalue weighted by atomic mass is 15.3.